The van der Waals surface area contributed by atoms with Crippen molar-refractivity contribution in [3.63, 3.8) is 0 Å². The zero-order chi connectivity index (χ0) is 26.7. The molecule has 0 radical (unpaired) electrons. The van der Waals surface area contributed by atoms with Crippen molar-refractivity contribution in [2.24, 2.45) is 0 Å². The Labute approximate surface area is 201 Å². The fraction of sp³-hybridized carbons (Fsp3) is 0.700. The molecule has 34 heavy (non-hydrogen) atoms. The van der Waals surface area contributed by atoms with Crippen LogP contribution in [0.2, 0.25) is 0 Å². The van der Waals surface area contributed by atoms with Crippen molar-refractivity contribution in [2.75, 3.05) is 12.3 Å². The van der Waals surface area contributed by atoms with Crippen LogP contribution in [0.25, 0.3) is 0 Å². The fourth-order valence-corrected chi connectivity index (χ4v) is 3.00. The van der Waals surface area contributed by atoms with Crippen molar-refractivity contribution in [1.82, 2.24) is 16.0 Å². The van der Waals surface area contributed by atoms with E-state index < -0.39 is 71.4 Å². The monoisotopic (exact) mass is 507 g/mol. The second-order valence-corrected chi connectivity index (χ2v) is 10.0. The number of carboxylic acids is 2. The molecule has 0 aliphatic carbocycles. The molecule has 13 nitrogen and oxygen atoms in total. The molecule has 0 spiro atoms. The third-order valence-electron chi connectivity index (χ3n) is 3.47. The predicted molar refractivity (Wildman–Crippen MR) is 121 cm³/mol. The third kappa shape index (κ3) is 15.7. The lowest BCUT2D eigenvalue weighted by atomic mass is 10.1. The summed E-state index contributed by atoms with van der Waals surface area (Å²) in [6.07, 6.45) is -1.68. The zero-order valence-electron chi connectivity index (χ0n) is 20.1. The molecule has 0 fully saturated rings. The Kier molecular flexibility index (Phi) is 12.4. The van der Waals surface area contributed by atoms with Gasteiger partial charge in [-0.1, -0.05) is 0 Å². The molecule has 0 heterocycles. The number of hydrogen-bond acceptors (Lipinski definition) is 9. The quantitative estimate of drug-likeness (QED) is 0.251. The summed E-state index contributed by atoms with van der Waals surface area (Å²) in [5.41, 5.74) is -1.63. The molecular formula is C20H33N3O10S. The maximum atomic E-state index is 12.3. The fourth-order valence-electron chi connectivity index (χ4n) is 2.15. The summed E-state index contributed by atoms with van der Waals surface area (Å²) in [6, 6.07) is -2.73. The van der Waals surface area contributed by atoms with Gasteiger partial charge in [0.05, 0.1) is 0 Å². The summed E-state index contributed by atoms with van der Waals surface area (Å²) in [5.74, 6) is -4.57. The second-order valence-electron chi connectivity index (χ2n) is 9.08. The van der Waals surface area contributed by atoms with Crippen LogP contribution in [0.4, 0.5) is 9.59 Å². The van der Waals surface area contributed by atoms with Gasteiger partial charge < -0.3 is 35.6 Å². The number of nitrogens with one attached hydrogen (secondary N) is 3. The highest BCUT2D eigenvalue weighted by Gasteiger charge is 2.27. The van der Waals surface area contributed by atoms with Crippen LogP contribution in [0.5, 0.6) is 0 Å². The highest BCUT2D eigenvalue weighted by atomic mass is 32.2. The minimum Gasteiger partial charge on any atom is -0.480 e. The Morgan fingerprint density at radius 3 is 1.88 bits per heavy atom. The van der Waals surface area contributed by atoms with Crippen LogP contribution in [0.1, 0.15) is 54.4 Å². The lowest BCUT2D eigenvalue weighted by Gasteiger charge is -2.22. The predicted octanol–water partition coefficient (Wildman–Crippen LogP) is 1.10. The number of carbonyl (C=O) groups is 6. The van der Waals surface area contributed by atoms with E-state index in [2.05, 4.69) is 16.0 Å². The van der Waals surface area contributed by atoms with E-state index in [1.54, 1.807) is 41.5 Å². The van der Waals surface area contributed by atoms with Gasteiger partial charge in [0.1, 0.15) is 29.8 Å². The third-order valence-corrected chi connectivity index (χ3v) is 4.29. The van der Waals surface area contributed by atoms with Gasteiger partial charge in [-0.3, -0.25) is 14.4 Å². The Balaban J connectivity index is 5.06. The van der Waals surface area contributed by atoms with Gasteiger partial charge in [-0.2, -0.15) is 0 Å². The van der Waals surface area contributed by atoms with Crippen molar-refractivity contribution in [1.29, 1.82) is 0 Å². The van der Waals surface area contributed by atoms with Crippen molar-refractivity contribution < 1.29 is 48.5 Å². The van der Waals surface area contributed by atoms with Gasteiger partial charge in [-0.25, -0.2) is 14.4 Å². The summed E-state index contributed by atoms with van der Waals surface area (Å²) >= 11 is 0.607. The molecule has 0 aromatic rings. The first-order chi connectivity index (χ1) is 15.4. The first-order valence-electron chi connectivity index (χ1n) is 10.3. The van der Waals surface area contributed by atoms with Crippen LogP contribution >= 0.6 is 11.8 Å². The van der Waals surface area contributed by atoms with E-state index in [9.17, 15) is 33.9 Å². The average Bonchev–Trinajstić information content (AvgIpc) is 2.63. The van der Waals surface area contributed by atoms with E-state index in [4.69, 9.17) is 14.6 Å². The van der Waals surface area contributed by atoms with Crippen LogP contribution < -0.4 is 16.0 Å². The topological polar surface area (TPSA) is 197 Å². The van der Waals surface area contributed by atoms with Crippen LogP contribution in [0.15, 0.2) is 0 Å². The minimum atomic E-state index is -1.43. The number of ether oxygens (including phenoxy) is 2. The maximum absolute atomic E-state index is 12.3. The van der Waals surface area contributed by atoms with Gasteiger partial charge in [-0.05, 0) is 59.7 Å². The SMILES string of the molecule is CC(C)(C)OC(=O)N[C@@H](CCC(=O)N[C@@H](CSC(=O)OC(C)(C)C)C(=O)NCC(=O)O)C(=O)O. The van der Waals surface area contributed by atoms with Crippen molar-refractivity contribution in [3.8, 4) is 0 Å². The maximum Gasteiger partial charge on any atom is 0.408 e. The van der Waals surface area contributed by atoms with Crippen molar-refractivity contribution in [2.45, 2.75) is 77.7 Å². The van der Waals surface area contributed by atoms with Gasteiger partial charge in [0.2, 0.25) is 11.8 Å². The average molecular weight is 508 g/mol. The van der Waals surface area contributed by atoms with Crippen LogP contribution in [0.3, 0.4) is 0 Å². The van der Waals surface area contributed by atoms with E-state index in [0.717, 1.165) is 0 Å². The number of rotatable bonds is 11. The molecule has 0 aliphatic heterocycles. The van der Waals surface area contributed by atoms with Crippen molar-refractivity contribution in [3.05, 3.63) is 0 Å². The molecule has 5 N–H and O–H groups in total. The van der Waals surface area contributed by atoms with Crippen LogP contribution in [-0.2, 0) is 28.7 Å². The molecule has 0 aromatic heterocycles. The van der Waals surface area contributed by atoms with Crippen LogP contribution in [0, 0.1) is 0 Å². The van der Waals surface area contributed by atoms with E-state index in [1.807, 2.05) is 0 Å². The zero-order valence-corrected chi connectivity index (χ0v) is 20.9. The summed E-state index contributed by atoms with van der Waals surface area (Å²) in [7, 11) is 0. The molecule has 0 rings (SSSR count). The number of hydrogen-bond donors (Lipinski definition) is 5. The van der Waals surface area contributed by atoms with E-state index in [0.29, 0.717) is 11.8 Å². The number of thioether (sulfide) groups is 1. The van der Waals surface area contributed by atoms with Gasteiger partial charge in [0.15, 0.2) is 0 Å². The van der Waals surface area contributed by atoms with Gasteiger partial charge in [0, 0.05) is 12.2 Å². The molecule has 3 amide bonds. The van der Waals surface area contributed by atoms with E-state index in [1.165, 1.54) is 0 Å². The van der Waals surface area contributed by atoms with Gasteiger partial charge >= 0.3 is 23.3 Å². The normalized spacial score (nSPS) is 13.1. The molecule has 2 atom stereocenters. The summed E-state index contributed by atoms with van der Waals surface area (Å²) in [4.78, 5) is 70.5. The summed E-state index contributed by atoms with van der Waals surface area (Å²) in [6.45, 7) is 9.03. The smallest absolute Gasteiger partial charge is 0.408 e. The van der Waals surface area contributed by atoms with Gasteiger partial charge in [0.25, 0.3) is 0 Å². The first-order valence-corrected chi connectivity index (χ1v) is 11.2. The first kappa shape index (κ1) is 31.0. The molecule has 0 aliphatic rings. The molecular weight excluding hydrogens is 474 g/mol. The number of amides is 3. The molecule has 0 saturated heterocycles. The highest BCUT2D eigenvalue weighted by molar-refractivity contribution is 8.13. The van der Waals surface area contributed by atoms with Gasteiger partial charge in [-0.15, -0.1) is 0 Å². The standard InChI is InChI=1S/C20H33N3O10S/c1-19(2,3)32-17(30)23-11(16(28)29)7-8-13(24)22-12(15(27)21-9-14(25)26)10-34-18(31)33-20(4,5)6/h11-12H,7-10H2,1-6H3,(H,21,27)(H,22,24)(H,23,30)(H,25,26)(H,28,29)/t11-,12-/m0/s1. The van der Waals surface area contributed by atoms with Crippen LogP contribution in [-0.4, -0.2) is 80.9 Å². The second kappa shape index (κ2) is 13.6. The summed E-state index contributed by atoms with van der Waals surface area (Å²) in [5, 5.41) is 23.9. The number of aliphatic carboxylic acids is 2. The molecule has 0 bridgehead atoms. The highest BCUT2D eigenvalue weighted by Crippen LogP contribution is 2.16. The Hall–Kier alpha value is -3.03. The van der Waals surface area contributed by atoms with E-state index in [-0.39, 0.29) is 12.2 Å². The Morgan fingerprint density at radius 2 is 1.41 bits per heavy atom. The molecule has 194 valence electrons. The minimum absolute atomic E-state index is 0.259. The summed E-state index contributed by atoms with van der Waals surface area (Å²) < 4.78 is 10.1. The molecule has 0 unspecified atom stereocenters. The number of alkyl carbamates (subject to hydrolysis) is 1. The largest absolute Gasteiger partial charge is 0.480 e. The molecule has 0 aromatic carbocycles. The molecule has 0 saturated carbocycles. The van der Waals surface area contributed by atoms with Crippen molar-refractivity contribution >= 4 is 46.9 Å². The Bertz CT molecular complexity index is 774. The Morgan fingerprint density at radius 1 is 0.853 bits per heavy atom. The number of carbonyl (C=O) groups excluding carboxylic acids is 4. The lowest BCUT2D eigenvalue weighted by molar-refractivity contribution is -0.140. The van der Waals surface area contributed by atoms with E-state index >= 15 is 0 Å². The molecule has 14 heteroatoms. The lowest BCUT2D eigenvalue weighted by Crippen LogP contribution is -2.50. The number of carboxylic acid groups (broad SMARTS) is 2.